The Labute approximate surface area is 200 Å². The van der Waals surface area contributed by atoms with E-state index in [9.17, 15) is 24.9 Å². The largest absolute Gasteiger partial charge is 0.479 e. The van der Waals surface area contributed by atoms with Crippen LogP contribution in [0.3, 0.4) is 0 Å². The monoisotopic (exact) mass is 476 g/mol. The molecule has 34 heavy (non-hydrogen) atoms. The molecule has 1 fully saturated rings. The molecule has 2 aliphatic rings. The topological polar surface area (TPSA) is 134 Å². The number of hydrogen-bond acceptors (Lipinski definition) is 7. The van der Waals surface area contributed by atoms with Crippen molar-refractivity contribution in [3.05, 3.63) is 58.7 Å². The van der Waals surface area contributed by atoms with Crippen LogP contribution in [-0.2, 0) is 19.1 Å². The Balaban J connectivity index is 1.98. The van der Waals surface area contributed by atoms with Crippen molar-refractivity contribution >= 4 is 11.9 Å². The fourth-order valence-corrected chi connectivity index (χ4v) is 4.16. The molecule has 0 aromatic rings. The first kappa shape index (κ1) is 27.7. The first-order chi connectivity index (χ1) is 15.8. The summed E-state index contributed by atoms with van der Waals surface area (Å²) in [6.07, 6.45) is 5.29. The molecule has 1 saturated heterocycles. The summed E-state index contributed by atoms with van der Waals surface area (Å²) >= 11 is 0. The zero-order chi connectivity index (χ0) is 25.6. The van der Waals surface area contributed by atoms with Crippen molar-refractivity contribution in [1.82, 2.24) is 0 Å². The number of allylic oxidation sites excluding steroid dienone is 9. The fraction of sp³-hybridized carbons (Fsp3) is 0.538. The third-order valence-corrected chi connectivity index (χ3v) is 6.16. The second kappa shape index (κ2) is 11.8. The highest BCUT2D eigenvalue weighted by atomic mass is 16.7. The van der Waals surface area contributed by atoms with Gasteiger partial charge in [-0.3, -0.25) is 0 Å². The molecular formula is C26H36O8. The minimum Gasteiger partial charge on any atom is -0.479 e. The van der Waals surface area contributed by atoms with Crippen LogP contribution in [0.15, 0.2) is 58.7 Å². The summed E-state index contributed by atoms with van der Waals surface area (Å²) in [6.45, 7) is 10.4. The van der Waals surface area contributed by atoms with E-state index < -0.39 is 42.6 Å². The van der Waals surface area contributed by atoms with E-state index in [1.807, 2.05) is 13.0 Å². The van der Waals surface area contributed by atoms with Crippen LogP contribution in [0.4, 0.5) is 0 Å². The minimum atomic E-state index is -1.85. The molecule has 0 radical (unpaired) electrons. The standard InChI is InChI=1S/C26H36O8/c1-15(11-12-18-17(3)10-7-13-26(18,4)5)8-6-9-16(2)14-19(27)33-25-22(30)20(28)21(29)23(34-25)24(31)32/h6,8-9,11-12,14,20-23,25,28-30H,7,10,13H2,1-5H3,(H,31,32)/b9-6+,12-11+,15-8+,16-14+/t20?,21?,22-,23+,25?/m1/s1. The molecule has 4 N–H and O–H groups in total. The van der Waals surface area contributed by atoms with Crippen LogP contribution >= 0.6 is 0 Å². The van der Waals surface area contributed by atoms with Crippen molar-refractivity contribution in [3.63, 3.8) is 0 Å². The zero-order valence-electron chi connectivity index (χ0n) is 20.4. The maximum absolute atomic E-state index is 12.2. The van der Waals surface area contributed by atoms with E-state index in [0.29, 0.717) is 5.57 Å². The molecule has 0 amide bonds. The van der Waals surface area contributed by atoms with E-state index in [1.165, 1.54) is 24.0 Å². The third-order valence-electron chi connectivity index (χ3n) is 6.16. The van der Waals surface area contributed by atoms with Gasteiger partial charge in [-0.15, -0.1) is 0 Å². The van der Waals surface area contributed by atoms with Gasteiger partial charge in [0, 0.05) is 6.08 Å². The molecule has 1 aliphatic carbocycles. The molecule has 1 heterocycles. The summed E-state index contributed by atoms with van der Waals surface area (Å²) in [7, 11) is 0. The predicted molar refractivity (Wildman–Crippen MR) is 127 cm³/mol. The van der Waals surface area contributed by atoms with Crippen LogP contribution in [0.5, 0.6) is 0 Å². The molecule has 0 spiro atoms. The van der Waals surface area contributed by atoms with Crippen LogP contribution in [0.25, 0.3) is 0 Å². The van der Waals surface area contributed by atoms with Crippen molar-refractivity contribution in [2.24, 2.45) is 5.41 Å². The summed E-state index contributed by atoms with van der Waals surface area (Å²) in [6, 6.07) is 0. The summed E-state index contributed by atoms with van der Waals surface area (Å²) in [5.41, 5.74) is 4.56. The number of ether oxygens (including phenoxy) is 2. The van der Waals surface area contributed by atoms with Crippen molar-refractivity contribution in [2.75, 3.05) is 0 Å². The Morgan fingerprint density at radius 2 is 1.74 bits per heavy atom. The van der Waals surface area contributed by atoms with Crippen LogP contribution in [0.1, 0.15) is 53.9 Å². The molecule has 0 aromatic heterocycles. The first-order valence-corrected chi connectivity index (χ1v) is 11.4. The second-order valence-electron chi connectivity index (χ2n) is 9.59. The number of esters is 1. The lowest BCUT2D eigenvalue weighted by Crippen LogP contribution is -2.60. The van der Waals surface area contributed by atoms with Gasteiger partial charge in [-0.1, -0.05) is 55.4 Å². The highest BCUT2D eigenvalue weighted by Gasteiger charge is 2.48. The van der Waals surface area contributed by atoms with Gasteiger partial charge in [0.1, 0.15) is 18.3 Å². The molecular weight excluding hydrogens is 440 g/mol. The van der Waals surface area contributed by atoms with Crippen LogP contribution in [0, 0.1) is 5.41 Å². The van der Waals surface area contributed by atoms with Crippen molar-refractivity contribution in [1.29, 1.82) is 0 Å². The molecule has 5 atom stereocenters. The van der Waals surface area contributed by atoms with Gasteiger partial charge in [0.25, 0.3) is 0 Å². The summed E-state index contributed by atoms with van der Waals surface area (Å²) < 4.78 is 9.88. The van der Waals surface area contributed by atoms with Gasteiger partial charge >= 0.3 is 11.9 Å². The van der Waals surface area contributed by atoms with Crippen LogP contribution < -0.4 is 0 Å². The van der Waals surface area contributed by atoms with Crippen molar-refractivity contribution in [2.45, 2.75) is 84.6 Å². The summed E-state index contributed by atoms with van der Waals surface area (Å²) in [4.78, 5) is 23.3. The van der Waals surface area contributed by atoms with Gasteiger partial charge in [-0.25, -0.2) is 9.59 Å². The maximum Gasteiger partial charge on any atom is 0.335 e. The zero-order valence-corrected chi connectivity index (χ0v) is 20.4. The second-order valence-corrected chi connectivity index (χ2v) is 9.59. The molecule has 0 saturated carbocycles. The average Bonchev–Trinajstić information content (AvgIpc) is 2.73. The Hall–Kier alpha value is -2.52. The fourth-order valence-electron chi connectivity index (χ4n) is 4.16. The van der Waals surface area contributed by atoms with E-state index in [0.717, 1.165) is 18.1 Å². The number of hydrogen-bond donors (Lipinski definition) is 4. The molecule has 0 aromatic carbocycles. The van der Waals surface area contributed by atoms with Gasteiger partial charge in [-0.05, 0) is 56.6 Å². The quantitative estimate of drug-likeness (QED) is 0.250. The van der Waals surface area contributed by atoms with Gasteiger partial charge in [-0.2, -0.15) is 0 Å². The lowest BCUT2D eigenvalue weighted by molar-refractivity contribution is -0.284. The van der Waals surface area contributed by atoms with E-state index in [2.05, 4.69) is 32.9 Å². The molecule has 8 heteroatoms. The molecule has 3 unspecified atom stereocenters. The van der Waals surface area contributed by atoms with Gasteiger partial charge in [0.15, 0.2) is 6.10 Å². The maximum atomic E-state index is 12.2. The van der Waals surface area contributed by atoms with Crippen molar-refractivity contribution < 1.29 is 39.5 Å². The van der Waals surface area contributed by atoms with Crippen LogP contribution in [0.2, 0.25) is 0 Å². The normalized spacial score (nSPS) is 30.8. The molecule has 2 rings (SSSR count). The Morgan fingerprint density at radius 1 is 1.06 bits per heavy atom. The Bertz CT molecular complexity index is 921. The third kappa shape index (κ3) is 7.24. The highest BCUT2D eigenvalue weighted by Crippen LogP contribution is 2.40. The number of carboxylic acids is 1. The predicted octanol–water partition coefficient (Wildman–Crippen LogP) is 2.95. The van der Waals surface area contributed by atoms with Crippen molar-refractivity contribution in [3.8, 4) is 0 Å². The van der Waals surface area contributed by atoms with E-state index in [1.54, 1.807) is 19.1 Å². The number of rotatable bonds is 7. The minimum absolute atomic E-state index is 0.170. The average molecular weight is 477 g/mol. The Kier molecular flexibility index (Phi) is 9.58. The van der Waals surface area contributed by atoms with Gasteiger partial charge in [0.05, 0.1) is 0 Å². The lowest BCUT2D eigenvalue weighted by atomic mass is 9.72. The van der Waals surface area contributed by atoms with Crippen LogP contribution in [-0.4, -0.2) is 63.1 Å². The first-order valence-electron chi connectivity index (χ1n) is 11.4. The number of carbonyl (C=O) groups is 2. The number of carbonyl (C=O) groups excluding carboxylic acids is 1. The molecule has 188 valence electrons. The summed E-state index contributed by atoms with van der Waals surface area (Å²) in [5, 5.41) is 38.5. The molecule has 1 aliphatic heterocycles. The van der Waals surface area contributed by atoms with Gasteiger partial charge in [0.2, 0.25) is 6.29 Å². The molecule has 0 bridgehead atoms. The lowest BCUT2D eigenvalue weighted by Gasteiger charge is -2.37. The number of aliphatic hydroxyl groups excluding tert-OH is 3. The highest BCUT2D eigenvalue weighted by molar-refractivity contribution is 5.83. The smallest absolute Gasteiger partial charge is 0.335 e. The number of aliphatic hydroxyl groups is 3. The number of carboxylic acid groups (broad SMARTS) is 1. The molecule has 8 nitrogen and oxygen atoms in total. The number of aliphatic carboxylic acids is 1. The SMILES string of the molecule is CC1=C(/C=C/C(C)=C/C=C/C(C)=C/C(=O)OC2O[C@H](C(=O)O)C(O)C(O)[C@H]2O)C(C)(C)CCC1. The van der Waals surface area contributed by atoms with E-state index in [-0.39, 0.29) is 5.41 Å². The van der Waals surface area contributed by atoms with Gasteiger partial charge < -0.3 is 29.9 Å². The Morgan fingerprint density at radius 3 is 2.35 bits per heavy atom. The van der Waals surface area contributed by atoms with E-state index >= 15 is 0 Å². The van der Waals surface area contributed by atoms with E-state index in [4.69, 9.17) is 14.6 Å². The summed E-state index contributed by atoms with van der Waals surface area (Å²) in [5.74, 6) is -2.44.